The quantitative estimate of drug-likeness (QED) is 0.527. The summed E-state index contributed by atoms with van der Waals surface area (Å²) in [5.74, 6) is 0. The number of hydrogen-bond acceptors (Lipinski definition) is 4. The highest BCUT2D eigenvalue weighted by atomic mass is 35.5. The molecular formula is C21H19Cl2F3N2O3. The van der Waals surface area contributed by atoms with E-state index in [2.05, 4.69) is 10.5 Å². The van der Waals surface area contributed by atoms with Crippen molar-refractivity contribution in [1.29, 1.82) is 0 Å². The van der Waals surface area contributed by atoms with Crippen molar-refractivity contribution in [1.82, 2.24) is 0 Å². The number of ether oxygens (including phenoxy) is 1. The third-order valence-corrected chi connectivity index (χ3v) is 5.10. The van der Waals surface area contributed by atoms with Crippen LogP contribution in [-0.4, -0.2) is 24.1 Å². The maximum Gasteiger partial charge on any atom is 0.435 e. The Morgan fingerprint density at radius 3 is 2.42 bits per heavy atom. The van der Waals surface area contributed by atoms with E-state index in [1.54, 1.807) is 32.9 Å². The maximum absolute atomic E-state index is 14.1. The number of carbonyl (C=O) groups excluding carboxylic acids is 1. The number of aryl methyl sites for hydroxylation is 1. The molecule has 5 nitrogen and oxygen atoms in total. The largest absolute Gasteiger partial charge is 0.447 e. The Kier molecular flexibility index (Phi) is 6.43. The molecule has 3 rings (SSSR count). The van der Waals surface area contributed by atoms with Crippen molar-refractivity contribution in [3.63, 3.8) is 0 Å². The molecule has 31 heavy (non-hydrogen) atoms. The molecule has 1 atom stereocenters. The summed E-state index contributed by atoms with van der Waals surface area (Å²) in [6.07, 6.45) is -6.38. The van der Waals surface area contributed by atoms with Crippen LogP contribution in [0.25, 0.3) is 0 Å². The lowest BCUT2D eigenvalue weighted by molar-refractivity contribution is -0.275. The van der Waals surface area contributed by atoms with Crippen molar-refractivity contribution in [3.05, 3.63) is 63.1 Å². The minimum atomic E-state index is -4.79. The lowest BCUT2D eigenvalue weighted by Crippen LogP contribution is -2.42. The van der Waals surface area contributed by atoms with E-state index in [1.807, 2.05) is 0 Å². The number of carbonyl (C=O) groups is 1. The Bertz CT molecular complexity index is 1020. The number of oxime groups is 1. The number of anilines is 1. The summed E-state index contributed by atoms with van der Waals surface area (Å²) in [6, 6.07) is 8.44. The van der Waals surface area contributed by atoms with Gasteiger partial charge in [0.1, 0.15) is 0 Å². The monoisotopic (exact) mass is 474 g/mol. The second kappa shape index (κ2) is 8.59. The average Bonchev–Trinajstić information content (AvgIpc) is 3.09. The van der Waals surface area contributed by atoms with Gasteiger partial charge in [0.2, 0.25) is 0 Å². The van der Waals surface area contributed by atoms with Crippen molar-refractivity contribution in [2.45, 2.75) is 45.1 Å². The van der Waals surface area contributed by atoms with Gasteiger partial charge in [-0.2, -0.15) is 13.2 Å². The van der Waals surface area contributed by atoms with Crippen molar-refractivity contribution in [3.8, 4) is 0 Å². The highest BCUT2D eigenvalue weighted by molar-refractivity contribution is 6.34. The highest BCUT2D eigenvalue weighted by Crippen LogP contribution is 2.49. The van der Waals surface area contributed by atoms with Gasteiger partial charge in [0.05, 0.1) is 11.8 Å². The van der Waals surface area contributed by atoms with E-state index in [0.717, 1.165) is 12.1 Å². The zero-order valence-electron chi connectivity index (χ0n) is 16.8. The summed E-state index contributed by atoms with van der Waals surface area (Å²) in [5.41, 5.74) is -1.46. The third kappa shape index (κ3) is 4.91. The molecule has 0 aromatic heterocycles. The van der Waals surface area contributed by atoms with Crippen LogP contribution in [0.5, 0.6) is 0 Å². The second-order valence-electron chi connectivity index (χ2n) is 7.40. The number of nitrogens with zero attached hydrogens (tertiary/aromatic N) is 1. The van der Waals surface area contributed by atoms with Gasteiger partial charge in [-0.1, -0.05) is 40.5 Å². The van der Waals surface area contributed by atoms with Crippen LogP contribution in [0.4, 0.5) is 23.7 Å². The van der Waals surface area contributed by atoms with Crippen LogP contribution in [0.15, 0.2) is 41.6 Å². The number of nitrogens with one attached hydrogen (secondary N) is 1. The molecule has 10 heteroatoms. The van der Waals surface area contributed by atoms with Crippen LogP contribution in [0.3, 0.4) is 0 Å². The van der Waals surface area contributed by atoms with Gasteiger partial charge < -0.3 is 9.57 Å². The molecular weight excluding hydrogens is 456 g/mol. The lowest BCUT2D eigenvalue weighted by atomic mass is 9.86. The predicted octanol–water partition coefficient (Wildman–Crippen LogP) is 6.84. The summed E-state index contributed by atoms with van der Waals surface area (Å²) < 4.78 is 47.5. The molecule has 0 saturated heterocycles. The van der Waals surface area contributed by atoms with Crippen molar-refractivity contribution in [2.24, 2.45) is 5.16 Å². The van der Waals surface area contributed by atoms with E-state index >= 15 is 0 Å². The number of rotatable bonds is 4. The fourth-order valence-electron chi connectivity index (χ4n) is 3.14. The highest BCUT2D eigenvalue weighted by Gasteiger charge is 2.62. The zero-order chi connectivity index (χ0) is 23.0. The van der Waals surface area contributed by atoms with Gasteiger partial charge in [0.15, 0.2) is 0 Å². The third-order valence-electron chi connectivity index (χ3n) is 4.67. The topological polar surface area (TPSA) is 59.9 Å². The van der Waals surface area contributed by atoms with Crippen LogP contribution in [0.2, 0.25) is 10.0 Å². The fourth-order valence-corrected chi connectivity index (χ4v) is 3.66. The molecule has 0 aliphatic carbocycles. The van der Waals surface area contributed by atoms with Crippen LogP contribution >= 0.6 is 23.2 Å². The first-order chi connectivity index (χ1) is 14.4. The summed E-state index contributed by atoms with van der Waals surface area (Å²) in [5, 5.41) is 6.41. The molecule has 1 N–H and O–H groups in total. The van der Waals surface area contributed by atoms with E-state index in [0.29, 0.717) is 16.8 Å². The molecule has 2 aromatic rings. The zero-order valence-corrected chi connectivity index (χ0v) is 18.3. The van der Waals surface area contributed by atoms with Crippen LogP contribution in [-0.2, 0) is 15.2 Å². The van der Waals surface area contributed by atoms with Crippen LogP contribution in [0.1, 0.15) is 37.0 Å². The Hall–Kier alpha value is -2.45. The number of alkyl halides is 3. The molecule has 1 heterocycles. The van der Waals surface area contributed by atoms with Gasteiger partial charge in [0.25, 0.3) is 5.60 Å². The number of hydrogen-bond donors (Lipinski definition) is 1. The molecule has 2 aromatic carbocycles. The summed E-state index contributed by atoms with van der Waals surface area (Å²) in [6.45, 7) is 5.15. The van der Waals surface area contributed by atoms with Gasteiger partial charge in [-0.3, -0.25) is 5.32 Å². The van der Waals surface area contributed by atoms with Crippen LogP contribution < -0.4 is 5.32 Å². The van der Waals surface area contributed by atoms with E-state index < -0.39 is 24.3 Å². The summed E-state index contributed by atoms with van der Waals surface area (Å²) in [7, 11) is 0. The fraction of sp³-hybridized carbons (Fsp3) is 0.333. The van der Waals surface area contributed by atoms with E-state index in [1.165, 1.54) is 12.1 Å². The number of benzene rings is 2. The van der Waals surface area contributed by atoms with Crippen molar-refractivity contribution >= 4 is 40.7 Å². The van der Waals surface area contributed by atoms with E-state index in [4.69, 9.17) is 32.8 Å². The second-order valence-corrected chi connectivity index (χ2v) is 8.27. The van der Waals surface area contributed by atoms with Crippen molar-refractivity contribution < 1.29 is 27.5 Å². The lowest BCUT2D eigenvalue weighted by Gasteiger charge is -2.29. The molecule has 0 saturated carbocycles. The summed E-state index contributed by atoms with van der Waals surface area (Å²) >= 11 is 11.8. The van der Waals surface area contributed by atoms with E-state index in [-0.39, 0.29) is 27.4 Å². The first-order valence-electron chi connectivity index (χ1n) is 9.28. The number of amides is 1. The normalized spacial score (nSPS) is 18.5. The SMILES string of the molecule is Cc1ccc(C2=NOC(c3cc(Cl)cc(Cl)c3)(C(F)(F)F)C2)cc1NC(=O)OC(C)C. The van der Waals surface area contributed by atoms with Gasteiger partial charge in [-0.05, 0) is 50.6 Å². The van der Waals surface area contributed by atoms with Gasteiger partial charge in [-0.15, -0.1) is 0 Å². The molecule has 1 unspecified atom stereocenters. The predicted molar refractivity (Wildman–Crippen MR) is 113 cm³/mol. The van der Waals surface area contributed by atoms with Gasteiger partial charge in [0, 0.05) is 33.3 Å². The molecule has 1 amide bonds. The van der Waals surface area contributed by atoms with Gasteiger partial charge in [-0.25, -0.2) is 4.79 Å². The minimum Gasteiger partial charge on any atom is -0.447 e. The smallest absolute Gasteiger partial charge is 0.435 e. The Labute approximate surface area is 187 Å². The number of halogens is 5. The average molecular weight is 475 g/mol. The van der Waals surface area contributed by atoms with Crippen molar-refractivity contribution in [2.75, 3.05) is 5.32 Å². The molecule has 1 aliphatic heterocycles. The molecule has 0 fully saturated rings. The first-order valence-corrected chi connectivity index (χ1v) is 10.0. The molecule has 0 radical (unpaired) electrons. The van der Waals surface area contributed by atoms with Crippen LogP contribution in [0, 0.1) is 6.92 Å². The Morgan fingerprint density at radius 2 is 1.84 bits per heavy atom. The summed E-state index contributed by atoms with van der Waals surface area (Å²) in [4.78, 5) is 16.9. The Morgan fingerprint density at radius 1 is 1.19 bits per heavy atom. The molecule has 0 bridgehead atoms. The van der Waals surface area contributed by atoms with E-state index in [9.17, 15) is 18.0 Å². The minimum absolute atomic E-state index is 0.0497. The molecule has 166 valence electrons. The standard InChI is InChI=1S/C21H19Cl2F3N2O3/c1-11(2)30-19(29)27-17-6-13(5-4-12(17)3)18-10-20(31-28-18,21(24,25)26)14-7-15(22)9-16(23)8-14/h4-9,11H,10H2,1-3H3,(H,27,29). The van der Waals surface area contributed by atoms with Gasteiger partial charge >= 0.3 is 12.3 Å². The Balaban J connectivity index is 1.93. The first kappa shape index (κ1) is 23.2. The molecule has 1 aliphatic rings. The molecule has 0 spiro atoms. The maximum atomic E-state index is 14.1.